The van der Waals surface area contributed by atoms with Crippen molar-refractivity contribution in [2.45, 2.75) is 26.7 Å². The van der Waals surface area contributed by atoms with E-state index in [0.29, 0.717) is 0 Å². The van der Waals surface area contributed by atoms with E-state index < -0.39 is 0 Å². The average Bonchev–Trinajstić information content (AvgIpc) is 2.16. The summed E-state index contributed by atoms with van der Waals surface area (Å²) in [5.41, 5.74) is 0. The number of rotatable bonds is 10. The van der Waals surface area contributed by atoms with Crippen LogP contribution in [0.1, 0.15) is 26.7 Å². The smallest absolute Gasteiger partial charge is 0.0590 e. The minimum absolute atomic E-state index is 0.858. The summed E-state index contributed by atoms with van der Waals surface area (Å²) < 4.78 is 5.41. The van der Waals surface area contributed by atoms with Gasteiger partial charge in [0.1, 0.15) is 0 Å². The predicted molar refractivity (Wildman–Crippen MR) is 61.6 cm³/mol. The molecular formula is C10H23NOS. The maximum absolute atomic E-state index is 5.41. The van der Waals surface area contributed by atoms with Crippen molar-refractivity contribution in [2.24, 2.45) is 0 Å². The Morgan fingerprint density at radius 3 is 2.69 bits per heavy atom. The van der Waals surface area contributed by atoms with Crippen LogP contribution in [0, 0.1) is 0 Å². The lowest BCUT2D eigenvalue weighted by atomic mass is 10.4. The Kier molecular flexibility index (Phi) is 12.5. The number of thioether (sulfide) groups is 1. The first kappa shape index (κ1) is 13.3. The van der Waals surface area contributed by atoms with E-state index in [0.717, 1.165) is 26.3 Å². The van der Waals surface area contributed by atoms with Crippen molar-refractivity contribution in [1.82, 2.24) is 5.32 Å². The summed E-state index contributed by atoms with van der Waals surface area (Å²) in [6.07, 6.45) is 2.41. The fourth-order valence-corrected chi connectivity index (χ4v) is 1.48. The summed E-state index contributed by atoms with van der Waals surface area (Å²) in [5.74, 6) is 2.43. The summed E-state index contributed by atoms with van der Waals surface area (Å²) in [5, 5.41) is 3.35. The third-order valence-corrected chi connectivity index (χ3v) is 2.59. The summed E-state index contributed by atoms with van der Waals surface area (Å²) in [6.45, 7) is 8.25. The molecule has 13 heavy (non-hydrogen) atoms. The van der Waals surface area contributed by atoms with Crippen molar-refractivity contribution in [1.29, 1.82) is 0 Å². The highest BCUT2D eigenvalue weighted by molar-refractivity contribution is 7.99. The molecule has 80 valence electrons. The molecule has 0 atom stereocenters. The molecule has 1 N–H and O–H groups in total. The fraction of sp³-hybridized carbons (Fsp3) is 1.00. The Bertz CT molecular complexity index is 81.0. The molecule has 0 aliphatic heterocycles. The van der Waals surface area contributed by atoms with Gasteiger partial charge in [0, 0.05) is 25.4 Å². The first-order valence-electron chi connectivity index (χ1n) is 5.28. The molecule has 0 bridgehead atoms. The minimum atomic E-state index is 0.858. The van der Waals surface area contributed by atoms with Gasteiger partial charge in [-0.1, -0.05) is 20.3 Å². The van der Waals surface area contributed by atoms with Crippen LogP contribution in [0.3, 0.4) is 0 Å². The minimum Gasteiger partial charge on any atom is -0.380 e. The Balaban J connectivity index is 2.76. The highest BCUT2D eigenvalue weighted by Gasteiger charge is 1.88. The van der Waals surface area contributed by atoms with Crippen LogP contribution in [0.25, 0.3) is 0 Å². The molecule has 0 rings (SSSR count). The second-order valence-corrected chi connectivity index (χ2v) is 4.31. The van der Waals surface area contributed by atoms with Crippen molar-refractivity contribution in [3.63, 3.8) is 0 Å². The average molecular weight is 205 g/mol. The molecule has 0 aliphatic rings. The van der Waals surface area contributed by atoms with Gasteiger partial charge in [-0.15, -0.1) is 0 Å². The Hall–Kier alpha value is 0.270. The molecule has 0 aromatic heterocycles. The highest BCUT2D eigenvalue weighted by atomic mass is 32.2. The van der Waals surface area contributed by atoms with Crippen LogP contribution < -0.4 is 5.32 Å². The molecule has 2 nitrogen and oxygen atoms in total. The summed E-state index contributed by atoms with van der Waals surface area (Å²) >= 11 is 1.98. The van der Waals surface area contributed by atoms with Crippen LogP contribution in [-0.2, 0) is 4.74 Å². The van der Waals surface area contributed by atoms with E-state index in [-0.39, 0.29) is 0 Å². The van der Waals surface area contributed by atoms with Gasteiger partial charge < -0.3 is 10.1 Å². The molecule has 0 aromatic rings. The van der Waals surface area contributed by atoms with Gasteiger partial charge >= 0.3 is 0 Å². The van der Waals surface area contributed by atoms with E-state index in [1.165, 1.54) is 24.3 Å². The molecule has 0 amide bonds. The van der Waals surface area contributed by atoms with Crippen molar-refractivity contribution in [3.8, 4) is 0 Å². The summed E-state index contributed by atoms with van der Waals surface area (Å²) in [7, 11) is 0. The van der Waals surface area contributed by atoms with Crippen LogP contribution in [-0.4, -0.2) is 37.8 Å². The molecule has 0 saturated carbocycles. The zero-order chi connectivity index (χ0) is 9.78. The molecule has 0 saturated heterocycles. The van der Waals surface area contributed by atoms with Crippen LogP contribution in [0.15, 0.2) is 0 Å². The largest absolute Gasteiger partial charge is 0.380 e. The molecule has 0 spiro atoms. The van der Waals surface area contributed by atoms with E-state index in [9.17, 15) is 0 Å². The van der Waals surface area contributed by atoms with Gasteiger partial charge in [-0.3, -0.25) is 0 Å². The Morgan fingerprint density at radius 1 is 1.15 bits per heavy atom. The third kappa shape index (κ3) is 12.3. The van der Waals surface area contributed by atoms with E-state index in [1.807, 2.05) is 11.8 Å². The van der Waals surface area contributed by atoms with Gasteiger partial charge in [0.2, 0.25) is 0 Å². The first-order chi connectivity index (χ1) is 6.41. The third-order valence-electron chi connectivity index (χ3n) is 1.69. The van der Waals surface area contributed by atoms with Crippen LogP contribution >= 0.6 is 11.8 Å². The molecule has 0 unspecified atom stereocenters. The number of unbranched alkanes of at least 4 members (excludes halogenated alkanes) is 1. The first-order valence-corrected chi connectivity index (χ1v) is 6.43. The quantitative estimate of drug-likeness (QED) is 0.552. The zero-order valence-corrected chi connectivity index (χ0v) is 9.79. The maximum atomic E-state index is 5.41. The number of hydrogen-bond donors (Lipinski definition) is 1. The fourth-order valence-electron chi connectivity index (χ4n) is 0.906. The summed E-state index contributed by atoms with van der Waals surface area (Å²) in [4.78, 5) is 0. The van der Waals surface area contributed by atoms with Crippen molar-refractivity contribution in [3.05, 3.63) is 0 Å². The molecule has 0 aromatic carbocycles. The van der Waals surface area contributed by atoms with Crippen LogP contribution in [0.5, 0.6) is 0 Å². The molecule has 0 fully saturated rings. The molecule has 0 aliphatic carbocycles. The summed E-state index contributed by atoms with van der Waals surface area (Å²) in [6, 6.07) is 0. The standard InChI is InChI=1S/C10H23NOS/c1-3-5-8-12-9-6-11-7-10-13-4-2/h11H,3-10H2,1-2H3. The second kappa shape index (κ2) is 12.3. The lowest BCUT2D eigenvalue weighted by Gasteiger charge is -2.04. The monoisotopic (exact) mass is 205 g/mol. The van der Waals surface area contributed by atoms with Gasteiger partial charge in [-0.25, -0.2) is 0 Å². The van der Waals surface area contributed by atoms with Gasteiger partial charge in [0.25, 0.3) is 0 Å². The van der Waals surface area contributed by atoms with E-state index in [4.69, 9.17) is 4.74 Å². The maximum Gasteiger partial charge on any atom is 0.0590 e. The second-order valence-electron chi connectivity index (χ2n) is 2.91. The van der Waals surface area contributed by atoms with Gasteiger partial charge in [-0.05, 0) is 12.2 Å². The predicted octanol–water partition coefficient (Wildman–Crippen LogP) is 2.15. The zero-order valence-electron chi connectivity index (χ0n) is 8.97. The van der Waals surface area contributed by atoms with E-state index in [2.05, 4.69) is 19.2 Å². The van der Waals surface area contributed by atoms with Crippen LogP contribution in [0.2, 0.25) is 0 Å². The number of hydrogen-bond acceptors (Lipinski definition) is 3. The molecule has 3 heteroatoms. The van der Waals surface area contributed by atoms with Gasteiger partial charge in [0.15, 0.2) is 0 Å². The SMILES string of the molecule is CCCCOCCNCCSCC. The topological polar surface area (TPSA) is 21.3 Å². The number of ether oxygens (including phenoxy) is 1. The van der Waals surface area contributed by atoms with E-state index >= 15 is 0 Å². The lowest BCUT2D eigenvalue weighted by Crippen LogP contribution is -2.22. The Labute approximate surface area is 86.8 Å². The van der Waals surface area contributed by atoms with Crippen molar-refractivity contribution in [2.75, 3.05) is 37.8 Å². The number of nitrogens with one attached hydrogen (secondary N) is 1. The normalized spacial score (nSPS) is 10.6. The van der Waals surface area contributed by atoms with Crippen molar-refractivity contribution < 1.29 is 4.74 Å². The lowest BCUT2D eigenvalue weighted by molar-refractivity contribution is 0.133. The van der Waals surface area contributed by atoms with Crippen LogP contribution in [0.4, 0.5) is 0 Å². The van der Waals surface area contributed by atoms with Crippen molar-refractivity contribution >= 4 is 11.8 Å². The molecule has 0 heterocycles. The highest BCUT2D eigenvalue weighted by Crippen LogP contribution is 1.94. The molecule has 0 radical (unpaired) electrons. The Morgan fingerprint density at radius 2 is 2.00 bits per heavy atom. The van der Waals surface area contributed by atoms with Gasteiger partial charge in [-0.2, -0.15) is 11.8 Å². The molecular weight excluding hydrogens is 182 g/mol. The van der Waals surface area contributed by atoms with E-state index in [1.54, 1.807) is 0 Å². The van der Waals surface area contributed by atoms with Gasteiger partial charge in [0.05, 0.1) is 6.61 Å².